The van der Waals surface area contributed by atoms with Gasteiger partial charge in [-0.15, -0.1) is 0 Å². The van der Waals surface area contributed by atoms with Crippen molar-refractivity contribution in [1.82, 2.24) is 15.1 Å². The molecule has 0 aliphatic carbocycles. The maximum absolute atomic E-state index is 11.9. The lowest BCUT2D eigenvalue weighted by Gasteiger charge is -2.31. The molecule has 3 N–H and O–H groups in total. The molecular weight excluding hydrogens is 264 g/mol. The van der Waals surface area contributed by atoms with Crippen LogP contribution in [0.1, 0.15) is 19.3 Å². The van der Waals surface area contributed by atoms with Crippen LogP contribution < -0.4 is 5.32 Å². The first-order chi connectivity index (χ1) is 9.65. The number of rotatable bonds is 5. The Morgan fingerprint density at radius 3 is 2.85 bits per heavy atom. The molecule has 0 spiro atoms. The van der Waals surface area contributed by atoms with E-state index in [0.29, 0.717) is 18.8 Å². The predicted molar refractivity (Wildman–Crippen MR) is 70.4 cm³/mol. The second-order valence-electron chi connectivity index (χ2n) is 4.62. The number of anilines is 1. The first kappa shape index (κ1) is 14.3. The number of amides is 2. The average molecular weight is 282 g/mol. The largest absolute Gasteiger partial charge is 0.481 e. The molecule has 2 heterocycles. The Bertz CT molecular complexity index is 440. The number of piperidine rings is 1. The smallest absolute Gasteiger partial charge is 0.321 e. The van der Waals surface area contributed by atoms with Crippen LogP contribution in [0.2, 0.25) is 0 Å². The lowest BCUT2D eigenvalue weighted by atomic mass is 10.1. The van der Waals surface area contributed by atoms with Gasteiger partial charge in [-0.05, 0) is 12.8 Å². The van der Waals surface area contributed by atoms with Crippen molar-refractivity contribution in [2.45, 2.75) is 25.4 Å². The molecule has 1 aliphatic heterocycles. The van der Waals surface area contributed by atoms with Crippen molar-refractivity contribution in [3.05, 3.63) is 12.4 Å². The van der Waals surface area contributed by atoms with Gasteiger partial charge >= 0.3 is 12.0 Å². The maximum atomic E-state index is 11.9. The molecule has 1 aromatic rings. The van der Waals surface area contributed by atoms with E-state index < -0.39 is 5.97 Å². The number of aromatic amines is 1. The number of nitrogens with one attached hydrogen (secondary N) is 2. The molecule has 1 saturated heterocycles. The summed E-state index contributed by atoms with van der Waals surface area (Å²) in [6, 6.07) is -0.157. The third-order valence-electron chi connectivity index (χ3n) is 3.15. The van der Waals surface area contributed by atoms with E-state index in [1.54, 1.807) is 17.3 Å². The molecule has 2 amide bonds. The van der Waals surface area contributed by atoms with E-state index in [4.69, 9.17) is 9.84 Å². The summed E-state index contributed by atoms with van der Waals surface area (Å²) in [6.07, 6.45) is 4.64. The van der Waals surface area contributed by atoms with Crippen LogP contribution in [-0.2, 0) is 9.53 Å². The molecule has 0 bridgehead atoms. The molecule has 20 heavy (non-hydrogen) atoms. The number of hydrogen-bond acceptors (Lipinski definition) is 4. The standard InChI is InChI=1S/C12H18N4O4/c17-11(18)3-6-20-10-1-4-16(5-2-10)12(19)15-9-7-13-14-8-9/h7-8,10H,1-6H2,(H,13,14)(H,15,19)(H,17,18). The van der Waals surface area contributed by atoms with Crippen molar-refractivity contribution in [2.24, 2.45) is 0 Å². The summed E-state index contributed by atoms with van der Waals surface area (Å²) in [7, 11) is 0. The number of aliphatic carboxylic acids is 1. The molecule has 1 fully saturated rings. The van der Waals surface area contributed by atoms with Crippen LogP contribution in [-0.4, -0.2) is 58.0 Å². The molecule has 110 valence electrons. The number of carboxylic acid groups (broad SMARTS) is 1. The van der Waals surface area contributed by atoms with E-state index in [1.807, 2.05) is 0 Å². The number of nitrogens with zero attached hydrogens (tertiary/aromatic N) is 2. The molecule has 1 aliphatic rings. The summed E-state index contributed by atoms with van der Waals surface area (Å²) >= 11 is 0. The van der Waals surface area contributed by atoms with Gasteiger partial charge in [-0.2, -0.15) is 5.10 Å². The summed E-state index contributed by atoms with van der Waals surface area (Å²) in [5.41, 5.74) is 0.634. The predicted octanol–water partition coefficient (Wildman–Crippen LogP) is 0.897. The molecule has 8 heteroatoms. The third-order valence-corrected chi connectivity index (χ3v) is 3.15. The summed E-state index contributed by atoms with van der Waals surface area (Å²) in [5, 5.41) is 17.7. The Morgan fingerprint density at radius 1 is 1.50 bits per heavy atom. The lowest BCUT2D eigenvalue weighted by Crippen LogP contribution is -2.43. The van der Waals surface area contributed by atoms with Gasteiger partial charge in [0.25, 0.3) is 0 Å². The highest BCUT2D eigenvalue weighted by Crippen LogP contribution is 2.15. The van der Waals surface area contributed by atoms with Crippen molar-refractivity contribution >= 4 is 17.7 Å². The highest BCUT2D eigenvalue weighted by Gasteiger charge is 2.23. The van der Waals surface area contributed by atoms with Crippen LogP contribution in [0.4, 0.5) is 10.5 Å². The minimum Gasteiger partial charge on any atom is -0.481 e. The number of carbonyl (C=O) groups excluding carboxylic acids is 1. The fraction of sp³-hybridized carbons (Fsp3) is 0.583. The third kappa shape index (κ3) is 4.23. The first-order valence-electron chi connectivity index (χ1n) is 6.53. The normalized spacial score (nSPS) is 16.1. The van der Waals surface area contributed by atoms with E-state index in [9.17, 15) is 9.59 Å². The topological polar surface area (TPSA) is 108 Å². The monoisotopic (exact) mass is 282 g/mol. The van der Waals surface area contributed by atoms with Gasteiger partial charge in [0.2, 0.25) is 0 Å². The molecule has 1 aromatic heterocycles. The highest BCUT2D eigenvalue weighted by atomic mass is 16.5. The van der Waals surface area contributed by atoms with Crippen LogP contribution in [0.15, 0.2) is 12.4 Å². The maximum Gasteiger partial charge on any atom is 0.321 e. The van der Waals surface area contributed by atoms with Gasteiger partial charge < -0.3 is 20.1 Å². The van der Waals surface area contributed by atoms with Gasteiger partial charge in [0.15, 0.2) is 0 Å². The van der Waals surface area contributed by atoms with Crippen molar-refractivity contribution in [3.8, 4) is 0 Å². The zero-order valence-electron chi connectivity index (χ0n) is 11.0. The number of urea groups is 1. The van der Waals surface area contributed by atoms with Crippen LogP contribution in [0, 0.1) is 0 Å². The average Bonchev–Trinajstić information content (AvgIpc) is 2.92. The number of carboxylic acids is 1. The van der Waals surface area contributed by atoms with Crippen LogP contribution in [0.3, 0.4) is 0 Å². The van der Waals surface area contributed by atoms with Gasteiger partial charge in [-0.25, -0.2) is 4.79 Å². The fourth-order valence-corrected chi connectivity index (χ4v) is 2.06. The molecule has 0 unspecified atom stereocenters. The number of carbonyl (C=O) groups is 2. The van der Waals surface area contributed by atoms with Crippen molar-refractivity contribution < 1.29 is 19.4 Å². The number of aromatic nitrogens is 2. The second kappa shape index (κ2) is 6.90. The molecule has 0 saturated carbocycles. The SMILES string of the molecule is O=C(O)CCOC1CCN(C(=O)Nc2cn[nH]c2)CC1. The zero-order chi connectivity index (χ0) is 14.4. The van der Waals surface area contributed by atoms with E-state index >= 15 is 0 Å². The van der Waals surface area contributed by atoms with E-state index in [2.05, 4.69) is 15.5 Å². The molecule has 0 radical (unpaired) electrons. The highest BCUT2D eigenvalue weighted by molar-refractivity contribution is 5.89. The Labute approximate surface area is 116 Å². The Hall–Kier alpha value is -2.09. The molecule has 2 rings (SSSR count). The summed E-state index contributed by atoms with van der Waals surface area (Å²) in [6.45, 7) is 1.42. The van der Waals surface area contributed by atoms with E-state index in [1.165, 1.54) is 0 Å². The number of likely N-dealkylation sites (tertiary alicyclic amines) is 1. The Kier molecular flexibility index (Phi) is 4.94. The Balaban J connectivity index is 1.68. The van der Waals surface area contributed by atoms with Gasteiger partial charge in [0, 0.05) is 19.3 Å². The lowest BCUT2D eigenvalue weighted by molar-refractivity contribution is -0.138. The van der Waals surface area contributed by atoms with E-state index in [0.717, 1.165) is 12.8 Å². The summed E-state index contributed by atoms with van der Waals surface area (Å²) in [5.74, 6) is -0.859. The van der Waals surface area contributed by atoms with Crippen LogP contribution in [0.5, 0.6) is 0 Å². The van der Waals surface area contributed by atoms with E-state index in [-0.39, 0.29) is 25.2 Å². The van der Waals surface area contributed by atoms with Gasteiger partial charge in [-0.3, -0.25) is 9.89 Å². The van der Waals surface area contributed by atoms with Crippen LogP contribution >= 0.6 is 0 Å². The Morgan fingerprint density at radius 2 is 2.25 bits per heavy atom. The number of ether oxygens (including phenoxy) is 1. The number of hydrogen-bond donors (Lipinski definition) is 3. The van der Waals surface area contributed by atoms with Crippen molar-refractivity contribution in [3.63, 3.8) is 0 Å². The second-order valence-corrected chi connectivity index (χ2v) is 4.62. The molecule has 8 nitrogen and oxygen atoms in total. The molecular formula is C12H18N4O4. The minimum absolute atomic E-state index is 0.0151. The van der Waals surface area contributed by atoms with Gasteiger partial charge in [-0.1, -0.05) is 0 Å². The molecule has 0 atom stereocenters. The van der Waals surface area contributed by atoms with Gasteiger partial charge in [0.05, 0.1) is 31.0 Å². The quantitative estimate of drug-likeness (QED) is 0.743. The van der Waals surface area contributed by atoms with Crippen molar-refractivity contribution in [1.29, 1.82) is 0 Å². The van der Waals surface area contributed by atoms with Crippen molar-refractivity contribution in [2.75, 3.05) is 25.0 Å². The van der Waals surface area contributed by atoms with Crippen LogP contribution in [0.25, 0.3) is 0 Å². The first-order valence-corrected chi connectivity index (χ1v) is 6.53. The fourth-order valence-electron chi connectivity index (χ4n) is 2.06. The summed E-state index contributed by atoms with van der Waals surface area (Å²) in [4.78, 5) is 24.0. The summed E-state index contributed by atoms with van der Waals surface area (Å²) < 4.78 is 5.47. The molecule has 0 aromatic carbocycles. The zero-order valence-corrected chi connectivity index (χ0v) is 11.0. The number of H-pyrrole nitrogens is 1. The van der Waals surface area contributed by atoms with Gasteiger partial charge in [0.1, 0.15) is 0 Å². The minimum atomic E-state index is -0.859.